The molecule has 0 aliphatic carbocycles. The lowest BCUT2D eigenvalue weighted by Gasteiger charge is -2.10. The molecule has 0 saturated carbocycles. The summed E-state index contributed by atoms with van der Waals surface area (Å²) in [5.41, 5.74) is 5.04. The van der Waals surface area contributed by atoms with Crippen molar-refractivity contribution >= 4 is 27.5 Å². The number of rotatable bonds is 5. The molecular weight excluding hydrogens is 394 g/mol. The van der Waals surface area contributed by atoms with E-state index in [1.807, 2.05) is 51.1 Å². The Kier molecular flexibility index (Phi) is 5.50. The maximum Gasteiger partial charge on any atom is 0.263 e. The molecule has 0 aliphatic heterocycles. The molecular formula is C24H23N3O2S. The Balaban J connectivity index is 1.68. The van der Waals surface area contributed by atoms with Gasteiger partial charge in [0.2, 0.25) is 5.91 Å². The van der Waals surface area contributed by atoms with Gasteiger partial charge in [-0.25, -0.2) is 4.98 Å². The highest BCUT2D eigenvalue weighted by Gasteiger charge is 2.19. The molecule has 4 aromatic rings. The molecule has 0 aliphatic rings. The van der Waals surface area contributed by atoms with Crippen LogP contribution in [0.1, 0.15) is 21.6 Å². The Labute approximate surface area is 179 Å². The van der Waals surface area contributed by atoms with Crippen LogP contribution in [0.5, 0.6) is 0 Å². The molecule has 2 aromatic heterocycles. The number of benzene rings is 2. The summed E-state index contributed by atoms with van der Waals surface area (Å²) in [4.78, 5) is 32.0. The number of amides is 1. The fraction of sp³-hybridized carbons (Fsp3) is 0.208. The van der Waals surface area contributed by atoms with E-state index in [0.717, 1.165) is 32.7 Å². The Hall–Kier alpha value is -3.25. The van der Waals surface area contributed by atoms with Gasteiger partial charge in [-0.05, 0) is 37.5 Å². The minimum atomic E-state index is -0.220. The maximum absolute atomic E-state index is 13.3. The highest BCUT2D eigenvalue weighted by atomic mass is 32.1. The molecule has 0 unspecified atom stereocenters. The summed E-state index contributed by atoms with van der Waals surface area (Å²) >= 11 is 1.51. The molecule has 0 fully saturated rings. The van der Waals surface area contributed by atoms with Gasteiger partial charge in [0.25, 0.3) is 5.56 Å². The van der Waals surface area contributed by atoms with Crippen molar-refractivity contribution in [2.75, 3.05) is 0 Å². The van der Waals surface area contributed by atoms with Gasteiger partial charge in [0.1, 0.15) is 11.4 Å². The summed E-state index contributed by atoms with van der Waals surface area (Å²) in [5, 5.41) is 3.45. The van der Waals surface area contributed by atoms with Crippen LogP contribution in [0.3, 0.4) is 0 Å². The Bertz CT molecular complexity index is 1290. The first-order valence-corrected chi connectivity index (χ1v) is 10.6. The summed E-state index contributed by atoms with van der Waals surface area (Å²) in [6, 6.07) is 15.9. The predicted octanol–water partition coefficient (Wildman–Crippen LogP) is 4.37. The second kappa shape index (κ2) is 8.24. The number of aryl methyl sites for hydroxylation is 3. The van der Waals surface area contributed by atoms with Crippen molar-refractivity contribution in [1.82, 2.24) is 14.9 Å². The zero-order chi connectivity index (χ0) is 21.3. The first-order valence-electron chi connectivity index (χ1n) is 9.81. The van der Waals surface area contributed by atoms with Crippen molar-refractivity contribution in [3.8, 4) is 11.1 Å². The lowest BCUT2D eigenvalue weighted by Crippen LogP contribution is -2.32. The molecule has 2 heterocycles. The van der Waals surface area contributed by atoms with E-state index in [1.165, 1.54) is 22.2 Å². The first-order chi connectivity index (χ1) is 14.4. The molecule has 0 saturated heterocycles. The molecule has 152 valence electrons. The van der Waals surface area contributed by atoms with Crippen LogP contribution in [0.4, 0.5) is 0 Å². The third kappa shape index (κ3) is 3.91. The third-order valence-corrected chi connectivity index (χ3v) is 6.18. The van der Waals surface area contributed by atoms with Crippen LogP contribution in [0.15, 0.2) is 59.7 Å². The number of hydrogen-bond acceptors (Lipinski definition) is 4. The SMILES string of the molecule is Cc1ccc(C)c(-c2c(C)sc3ncn(CC(=O)NCc4ccccc4)c(=O)c23)c1. The van der Waals surface area contributed by atoms with Gasteiger partial charge >= 0.3 is 0 Å². The minimum absolute atomic E-state index is 0.0598. The van der Waals surface area contributed by atoms with Crippen molar-refractivity contribution in [1.29, 1.82) is 0 Å². The smallest absolute Gasteiger partial charge is 0.263 e. The Morgan fingerprint density at radius 2 is 1.87 bits per heavy atom. The standard InChI is InChI=1S/C24H23N3O2S/c1-15-9-10-16(2)19(11-15)21-17(3)30-23-22(21)24(29)27(14-26-23)13-20(28)25-12-18-7-5-4-6-8-18/h4-11,14H,12-13H2,1-3H3,(H,25,28). The fourth-order valence-corrected chi connectivity index (χ4v) is 4.58. The van der Waals surface area contributed by atoms with Gasteiger partial charge in [-0.3, -0.25) is 14.2 Å². The zero-order valence-corrected chi connectivity index (χ0v) is 18.0. The van der Waals surface area contributed by atoms with Crippen LogP contribution in [0, 0.1) is 20.8 Å². The summed E-state index contributed by atoms with van der Waals surface area (Å²) in [7, 11) is 0. The first kappa shape index (κ1) is 20.0. The number of fused-ring (bicyclic) bond motifs is 1. The number of hydrogen-bond donors (Lipinski definition) is 1. The molecule has 2 aromatic carbocycles. The average Bonchev–Trinajstić information content (AvgIpc) is 3.08. The largest absolute Gasteiger partial charge is 0.350 e. The number of aromatic nitrogens is 2. The van der Waals surface area contributed by atoms with Crippen molar-refractivity contribution < 1.29 is 4.79 Å². The molecule has 0 radical (unpaired) electrons. The van der Waals surface area contributed by atoms with Crippen LogP contribution in [0.2, 0.25) is 0 Å². The van der Waals surface area contributed by atoms with Crippen molar-refractivity contribution in [2.45, 2.75) is 33.9 Å². The molecule has 5 nitrogen and oxygen atoms in total. The molecule has 0 bridgehead atoms. The van der Waals surface area contributed by atoms with E-state index in [9.17, 15) is 9.59 Å². The highest BCUT2D eigenvalue weighted by molar-refractivity contribution is 7.19. The average molecular weight is 418 g/mol. The molecule has 30 heavy (non-hydrogen) atoms. The normalized spacial score (nSPS) is 11.0. The second-order valence-corrected chi connectivity index (χ2v) is 8.67. The van der Waals surface area contributed by atoms with Gasteiger partial charge < -0.3 is 5.32 Å². The number of carbonyl (C=O) groups excluding carboxylic acids is 1. The van der Waals surface area contributed by atoms with Crippen molar-refractivity contribution in [3.63, 3.8) is 0 Å². The number of nitrogens with zero attached hydrogens (tertiary/aromatic N) is 2. The van der Waals surface area contributed by atoms with E-state index >= 15 is 0 Å². The van der Waals surface area contributed by atoms with Gasteiger partial charge in [-0.2, -0.15) is 0 Å². The van der Waals surface area contributed by atoms with Gasteiger partial charge in [-0.15, -0.1) is 11.3 Å². The third-order valence-electron chi connectivity index (χ3n) is 5.16. The van der Waals surface area contributed by atoms with Crippen LogP contribution < -0.4 is 10.9 Å². The molecule has 0 atom stereocenters. The highest BCUT2D eigenvalue weighted by Crippen LogP contribution is 2.37. The molecule has 1 N–H and O–H groups in total. The molecule has 1 amide bonds. The number of thiophene rings is 1. The monoisotopic (exact) mass is 417 g/mol. The summed E-state index contributed by atoms with van der Waals surface area (Å²) < 4.78 is 1.39. The zero-order valence-electron chi connectivity index (χ0n) is 17.2. The van der Waals surface area contributed by atoms with E-state index < -0.39 is 0 Å². The summed E-state index contributed by atoms with van der Waals surface area (Å²) in [5.74, 6) is -0.220. The van der Waals surface area contributed by atoms with Gasteiger partial charge in [0, 0.05) is 17.0 Å². The van der Waals surface area contributed by atoms with Crippen LogP contribution in [0.25, 0.3) is 21.3 Å². The van der Waals surface area contributed by atoms with Gasteiger partial charge in [0.15, 0.2) is 0 Å². The molecule has 6 heteroatoms. The van der Waals surface area contributed by atoms with E-state index in [-0.39, 0.29) is 18.0 Å². The van der Waals surface area contributed by atoms with Crippen LogP contribution in [-0.4, -0.2) is 15.5 Å². The molecule has 0 spiro atoms. The van der Waals surface area contributed by atoms with Crippen molar-refractivity contribution in [2.24, 2.45) is 0 Å². The maximum atomic E-state index is 13.3. The summed E-state index contributed by atoms with van der Waals surface area (Å²) in [6.45, 7) is 6.47. The fourth-order valence-electron chi connectivity index (χ4n) is 3.59. The topological polar surface area (TPSA) is 64.0 Å². The Morgan fingerprint density at radius 3 is 2.63 bits per heavy atom. The second-order valence-electron chi connectivity index (χ2n) is 7.47. The van der Waals surface area contributed by atoms with Crippen molar-refractivity contribution in [3.05, 3.63) is 86.8 Å². The van der Waals surface area contributed by atoms with Gasteiger partial charge in [0.05, 0.1) is 11.7 Å². The molecule has 4 rings (SSSR count). The summed E-state index contributed by atoms with van der Waals surface area (Å²) in [6.07, 6.45) is 1.47. The van der Waals surface area contributed by atoms with Gasteiger partial charge in [-0.1, -0.05) is 54.1 Å². The number of carbonyl (C=O) groups is 1. The van der Waals surface area contributed by atoms with E-state index in [4.69, 9.17) is 0 Å². The van der Waals surface area contributed by atoms with Crippen LogP contribution >= 0.6 is 11.3 Å². The van der Waals surface area contributed by atoms with E-state index in [0.29, 0.717) is 16.8 Å². The van der Waals surface area contributed by atoms with Crippen LogP contribution in [-0.2, 0) is 17.9 Å². The Morgan fingerprint density at radius 1 is 1.10 bits per heavy atom. The predicted molar refractivity (Wildman–Crippen MR) is 122 cm³/mol. The van der Waals surface area contributed by atoms with E-state index in [2.05, 4.69) is 28.5 Å². The minimum Gasteiger partial charge on any atom is -0.350 e. The van der Waals surface area contributed by atoms with E-state index in [1.54, 1.807) is 0 Å². The lowest BCUT2D eigenvalue weighted by atomic mass is 9.97. The number of nitrogens with one attached hydrogen (secondary N) is 1. The quantitative estimate of drug-likeness (QED) is 0.525. The lowest BCUT2D eigenvalue weighted by molar-refractivity contribution is -0.121.